The molecule has 0 spiro atoms. The smallest absolute Gasteiger partial charge is 0.119 e. The molecule has 0 heterocycles. The lowest BCUT2D eigenvalue weighted by Crippen LogP contribution is -1.94. The Bertz CT molecular complexity index is 580. The Kier molecular flexibility index (Phi) is 3.34. The van der Waals surface area contributed by atoms with Crippen molar-refractivity contribution in [3.63, 3.8) is 0 Å². The lowest BCUT2D eigenvalue weighted by Gasteiger charge is -2.16. The molecule has 0 fully saturated rings. The lowest BCUT2D eigenvalue weighted by atomic mass is 9.90. The van der Waals surface area contributed by atoms with E-state index < -0.39 is 0 Å². The third kappa shape index (κ3) is 2.10. The summed E-state index contributed by atoms with van der Waals surface area (Å²) in [6.45, 7) is 10.7. The number of phenolic OH excluding ortho intramolecular Hbond substituents is 1. The van der Waals surface area contributed by atoms with Crippen LogP contribution in [-0.2, 0) is 0 Å². The standard InChI is InChI=1S/C17H22O/c1-10(2)13-6-7-14-15(11(3)4)9-17(18)12(5)16(14)8-13/h6-11,18H,1-5H3. The van der Waals surface area contributed by atoms with E-state index in [1.165, 1.54) is 21.9 Å². The van der Waals surface area contributed by atoms with Gasteiger partial charge in [-0.2, -0.15) is 0 Å². The molecule has 0 aromatic heterocycles. The Hall–Kier alpha value is -1.50. The summed E-state index contributed by atoms with van der Waals surface area (Å²) < 4.78 is 0. The van der Waals surface area contributed by atoms with Gasteiger partial charge in [-0.15, -0.1) is 0 Å². The van der Waals surface area contributed by atoms with Gasteiger partial charge in [-0.3, -0.25) is 0 Å². The van der Waals surface area contributed by atoms with E-state index >= 15 is 0 Å². The zero-order valence-electron chi connectivity index (χ0n) is 11.9. The topological polar surface area (TPSA) is 20.2 Å². The number of benzene rings is 2. The fourth-order valence-corrected chi connectivity index (χ4v) is 2.43. The summed E-state index contributed by atoms with van der Waals surface area (Å²) >= 11 is 0. The van der Waals surface area contributed by atoms with Crippen molar-refractivity contribution in [3.8, 4) is 5.75 Å². The molecule has 2 aromatic carbocycles. The Morgan fingerprint density at radius 1 is 0.889 bits per heavy atom. The minimum Gasteiger partial charge on any atom is -0.508 e. The molecule has 1 heteroatoms. The van der Waals surface area contributed by atoms with E-state index in [0.717, 1.165) is 5.56 Å². The van der Waals surface area contributed by atoms with Crippen molar-refractivity contribution >= 4 is 10.8 Å². The van der Waals surface area contributed by atoms with Gasteiger partial charge in [0.1, 0.15) is 5.75 Å². The molecule has 0 amide bonds. The monoisotopic (exact) mass is 242 g/mol. The van der Waals surface area contributed by atoms with E-state index in [1.54, 1.807) is 0 Å². The molecule has 18 heavy (non-hydrogen) atoms. The molecule has 0 radical (unpaired) electrons. The average molecular weight is 242 g/mol. The molecule has 2 rings (SSSR count). The van der Waals surface area contributed by atoms with Gasteiger partial charge in [0.25, 0.3) is 0 Å². The zero-order chi connectivity index (χ0) is 13.4. The first-order chi connectivity index (χ1) is 8.41. The highest BCUT2D eigenvalue weighted by molar-refractivity contribution is 5.91. The third-order valence-electron chi connectivity index (χ3n) is 3.72. The van der Waals surface area contributed by atoms with E-state index in [4.69, 9.17) is 0 Å². The van der Waals surface area contributed by atoms with Gasteiger partial charge in [0.15, 0.2) is 0 Å². The Balaban J connectivity index is 2.81. The minimum atomic E-state index is 0.409. The predicted octanol–water partition coefficient (Wildman–Crippen LogP) is 5.10. The molecule has 0 saturated carbocycles. The molecule has 0 aliphatic heterocycles. The SMILES string of the molecule is Cc1c(O)cc(C(C)C)c2ccc(C(C)C)cc12. The van der Waals surface area contributed by atoms with Gasteiger partial charge in [0.2, 0.25) is 0 Å². The molecular formula is C17H22O. The van der Waals surface area contributed by atoms with Crippen LogP contribution in [0.2, 0.25) is 0 Å². The van der Waals surface area contributed by atoms with Crippen LogP contribution in [0.5, 0.6) is 5.75 Å². The normalized spacial score (nSPS) is 11.7. The molecular weight excluding hydrogens is 220 g/mol. The highest BCUT2D eigenvalue weighted by Crippen LogP contribution is 2.35. The number of aromatic hydroxyl groups is 1. The largest absolute Gasteiger partial charge is 0.508 e. The summed E-state index contributed by atoms with van der Waals surface area (Å²) in [4.78, 5) is 0. The average Bonchev–Trinajstić information content (AvgIpc) is 2.32. The molecule has 0 aliphatic carbocycles. The maximum absolute atomic E-state index is 10.1. The molecule has 0 unspecified atom stereocenters. The maximum Gasteiger partial charge on any atom is 0.119 e. The molecule has 0 atom stereocenters. The number of phenols is 1. The Morgan fingerprint density at radius 2 is 1.56 bits per heavy atom. The van der Waals surface area contributed by atoms with Crippen LogP contribution in [0.1, 0.15) is 56.2 Å². The highest BCUT2D eigenvalue weighted by atomic mass is 16.3. The van der Waals surface area contributed by atoms with Crippen LogP contribution in [0.4, 0.5) is 0 Å². The van der Waals surface area contributed by atoms with Crippen LogP contribution in [0.3, 0.4) is 0 Å². The Labute approximate surface area is 109 Å². The zero-order valence-corrected chi connectivity index (χ0v) is 11.9. The van der Waals surface area contributed by atoms with Crippen LogP contribution < -0.4 is 0 Å². The van der Waals surface area contributed by atoms with Crippen molar-refractivity contribution in [1.82, 2.24) is 0 Å². The summed E-state index contributed by atoms with van der Waals surface area (Å²) in [6, 6.07) is 8.54. The van der Waals surface area contributed by atoms with Crippen LogP contribution >= 0.6 is 0 Å². The van der Waals surface area contributed by atoms with Crippen molar-refractivity contribution in [3.05, 3.63) is 41.0 Å². The van der Waals surface area contributed by atoms with E-state index in [0.29, 0.717) is 17.6 Å². The number of hydrogen-bond donors (Lipinski definition) is 1. The number of rotatable bonds is 2. The summed E-state index contributed by atoms with van der Waals surface area (Å²) in [5.41, 5.74) is 3.53. The predicted molar refractivity (Wildman–Crippen MR) is 78.5 cm³/mol. The van der Waals surface area contributed by atoms with Gasteiger partial charge in [-0.25, -0.2) is 0 Å². The molecule has 1 nitrogen and oxygen atoms in total. The summed E-state index contributed by atoms with van der Waals surface area (Å²) in [7, 11) is 0. The second kappa shape index (κ2) is 4.64. The summed E-state index contributed by atoms with van der Waals surface area (Å²) in [5.74, 6) is 1.34. The molecule has 0 saturated heterocycles. The van der Waals surface area contributed by atoms with Crippen LogP contribution in [0, 0.1) is 6.92 Å². The van der Waals surface area contributed by atoms with Crippen molar-refractivity contribution in [2.75, 3.05) is 0 Å². The minimum absolute atomic E-state index is 0.409. The second-order valence-electron chi connectivity index (χ2n) is 5.72. The first-order valence-electron chi connectivity index (χ1n) is 6.68. The van der Waals surface area contributed by atoms with Gasteiger partial charge in [0, 0.05) is 0 Å². The number of fused-ring (bicyclic) bond motifs is 1. The first-order valence-corrected chi connectivity index (χ1v) is 6.68. The molecule has 2 aromatic rings. The van der Waals surface area contributed by atoms with Crippen molar-refractivity contribution in [2.45, 2.75) is 46.5 Å². The van der Waals surface area contributed by atoms with Gasteiger partial charge < -0.3 is 5.11 Å². The molecule has 0 aliphatic rings. The quantitative estimate of drug-likeness (QED) is 0.776. The lowest BCUT2D eigenvalue weighted by molar-refractivity contribution is 0.471. The van der Waals surface area contributed by atoms with Crippen LogP contribution in [0.15, 0.2) is 24.3 Å². The van der Waals surface area contributed by atoms with Crippen LogP contribution in [-0.4, -0.2) is 5.11 Å². The summed E-state index contributed by atoms with van der Waals surface area (Å²) in [6.07, 6.45) is 0. The van der Waals surface area contributed by atoms with Crippen LogP contribution in [0.25, 0.3) is 10.8 Å². The summed E-state index contributed by atoms with van der Waals surface area (Å²) in [5, 5.41) is 12.5. The third-order valence-corrected chi connectivity index (χ3v) is 3.72. The molecule has 1 N–H and O–H groups in total. The number of aryl methyl sites for hydroxylation is 1. The van der Waals surface area contributed by atoms with Gasteiger partial charge in [-0.1, -0.05) is 45.9 Å². The van der Waals surface area contributed by atoms with E-state index in [9.17, 15) is 5.11 Å². The molecule has 96 valence electrons. The van der Waals surface area contributed by atoms with Gasteiger partial charge in [0.05, 0.1) is 0 Å². The van der Waals surface area contributed by atoms with Gasteiger partial charge in [-0.05, 0) is 52.3 Å². The second-order valence-corrected chi connectivity index (χ2v) is 5.72. The maximum atomic E-state index is 10.1. The van der Waals surface area contributed by atoms with E-state index in [1.807, 2.05) is 13.0 Å². The van der Waals surface area contributed by atoms with E-state index in [-0.39, 0.29) is 0 Å². The fourth-order valence-electron chi connectivity index (χ4n) is 2.43. The number of hydrogen-bond acceptors (Lipinski definition) is 1. The van der Waals surface area contributed by atoms with E-state index in [2.05, 4.69) is 45.9 Å². The molecule has 0 bridgehead atoms. The van der Waals surface area contributed by atoms with Gasteiger partial charge >= 0.3 is 0 Å². The first kappa shape index (κ1) is 12.9. The fraction of sp³-hybridized carbons (Fsp3) is 0.412. The van der Waals surface area contributed by atoms with Crippen molar-refractivity contribution < 1.29 is 5.11 Å². The van der Waals surface area contributed by atoms with Crippen molar-refractivity contribution in [1.29, 1.82) is 0 Å². The Morgan fingerprint density at radius 3 is 2.11 bits per heavy atom. The van der Waals surface area contributed by atoms with Crippen molar-refractivity contribution in [2.24, 2.45) is 0 Å². The highest BCUT2D eigenvalue weighted by Gasteiger charge is 2.12.